The summed E-state index contributed by atoms with van der Waals surface area (Å²) < 4.78 is 0. The van der Waals surface area contributed by atoms with Crippen molar-refractivity contribution in [2.75, 3.05) is 11.1 Å². The number of amides is 1. The van der Waals surface area contributed by atoms with Gasteiger partial charge in [0, 0.05) is 21.5 Å². The molecule has 0 saturated carbocycles. The molecule has 1 amide bonds. The number of halogens is 1. The quantitative estimate of drug-likeness (QED) is 0.478. The number of thiophene rings is 1. The zero-order valence-electron chi connectivity index (χ0n) is 14.3. The number of aromatic nitrogens is 1. The minimum absolute atomic E-state index is 0.254. The van der Waals surface area contributed by atoms with Gasteiger partial charge in [-0.2, -0.15) is 0 Å². The zero-order chi connectivity index (χ0) is 18.4. The van der Waals surface area contributed by atoms with Gasteiger partial charge in [0.2, 0.25) is 0 Å². The van der Waals surface area contributed by atoms with Crippen molar-refractivity contribution >= 4 is 61.3 Å². The van der Waals surface area contributed by atoms with E-state index in [1.54, 1.807) is 12.1 Å². The largest absolute Gasteiger partial charge is 0.397 e. The lowest BCUT2D eigenvalue weighted by Crippen LogP contribution is -2.12. The normalized spacial score (nSPS) is 11.2. The first-order valence-electron chi connectivity index (χ1n) is 8.10. The molecule has 0 aliphatic rings. The molecule has 0 saturated heterocycles. The molecule has 4 nitrogen and oxygen atoms in total. The van der Waals surface area contributed by atoms with E-state index in [0.717, 1.165) is 32.2 Å². The molecule has 0 aliphatic carbocycles. The highest BCUT2D eigenvalue weighted by molar-refractivity contribution is 7.21. The third kappa shape index (κ3) is 2.79. The maximum Gasteiger partial charge on any atom is 0.267 e. The molecule has 6 heteroatoms. The number of fused-ring (bicyclic) bond motifs is 2. The van der Waals surface area contributed by atoms with Crippen LogP contribution in [-0.4, -0.2) is 10.9 Å². The van der Waals surface area contributed by atoms with Crippen molar-refractivity contribution in [3.8, 4) is 0 Å². The minimum atomic E-state index is -0.254. The number of nitrogens with zero attached hydrogens (tertiary/aromatic N) is 1. The van der Waals surface area contributed by atoms with Crippen LogP contribution in [0.2, 0.25) is 5.02 Å². The van der Waals surface area contributed by atoms with Gasteiger partial charge >= 0.3 is 0 Å². The smallest absolute Gasteiger partial charge is 0.267 e. The Morgan fingerprint density at radius 1 is 1.19 bits per heavy atom. The van der Waals surface area contributed by atoms with Gasteiger partial charge in [0.15, 0.2) is 0 Å². The second kappa shape index (κ2) is 6.27. The second-order valence-corrected chi connectivity index (χ2v) is 7.65. The fourth-order valence-electron chi connectivity index (χ4n) is 2.91. The van der Waals surface area contributed by atoms with Crippen LogP contribution in [0.15, 0.2) is 42.5 Å². The molecule has 4 aromatic rings. The van der Waals surface area contributed by atoms with Crippen molar-refractivity contribution < 1.29 is 4.79 Å². The van der Waals surface area contributed by atoms with Crippen molar-refractivity contribution in [1.29, 1.82) is 0 Å². The van der Waals surface area contributed by atoms with Crippen LogP contribution in [0.25, 0.3) is 21.1 Å². The Morgan fingerprint density at radius 3 is 2.81 bits per heavy atom. The first kappa shape index (κ1) is 16.8. The van der Waals surface area contributed by atoms with Gasteiger partial charge in [-0.1, -0.05) is 29.3 Å². The summed E-state index contributed by atoms with van der Waals surface area (Å²) in [5.74, 6) is -0.254. The van der Waals surface area contributed by atoms with Crippen LogP contribution in [0.5, 0.6) is 0 Å². The third-order valence-corrected chi connectivity index (χ3v) is 5.91. The van der Waals surface area contributed by atoms with E-state index in [1.807, 2.05) is 38.1 Å². The predicted octanol–water partition coefficient (Wildman–Crippen LogP) is 5.55. The number of pyridine rings is 1. The average Bonchev–Trinajstić information content (AvgIpc) is 2.93. The minimum Gasteiger partial charge on any atom is -0.397 e. The van der Waals surface area contributed by atoms with Gasteiger partial charge in [-0.3, -0.25) is 4.79 Å². The molecule has 0 aliphatic heterocycles. The molecule has 0 atom stereocenters. The molecule has 3 N–H and O–H groups in total. The third-order valence-electron chi connectivity index (χ3n) is 4.39. The van der Waals surface area contributed by atoms with Gasteiger partial charge in [-0.05, 0) is 49.7 Å². The van der Waals surface area contributed by atoms with Gasteiger partial charge in [0.25, 0.3) is 5.91 Å². The number of anilines is 2. The molecule has 0 radical (unpaired) electrons. The van der Waals surface area contributed by atoms with Crippen LogP contribution in [0.1, 0.15) is 20.8 Å². The van der Waals surface area contributed by atoms with Gasteiger partial charge in [0.1, 0.15) is 9.71 Å². The average molecular weight is 382 g/mol. The van der Waals surface area contributed by atoms with Gasteiger partial charge < -0.3 is 11.1 Å². The fourth-order valence-corrected chi connectivity index (χ4v) is 4.07. The Labute approximate surface area is 159 Å². The number of carbonyl (C=O) groups is 1. The van der Waals surface area contributed by atoms with E-state index in [0.29, 0.717) is 21.3 Å². The SMILES string of the molecule is Cc1ccc2nc3sc(C(=O)Nc4cccc(Cl)c4C)c(N)c3cc2c1. The number of nitrogens with one attached hydrogen (secondary N) is 1. The highest BCUT2D eigenvalue weighted by Crippen LogP contribution is 2.35. The van der Waals surface area contributed by atoms with Crippen LogP contribution < -0.4 is 11.1 Å². The Morgan fingerprint density at radius 2 is 2.00 bits per heavy atom. The van der Waals surface area contributed by atoms with Crippen molar-refractivity contribution in [3.63, 3.8) is 0 Å². The van der Waals surface area contributed by atoms with E-state index in [2.05, 4.69) is 16.4 Å². The highest BCUT2D eigenvalue weighted by atomic mass is 35.5. The van der Waals surface area contributed by atoms with E-state index in [9.17, 15) is 4.79 Å². The number of aryl methyl sites for hydroxylation is 1. The Bertz CT molecular complexity index is 1180. The lowest BCUT2D eigenvalue weighted by atomic mass is 10.1. The summed E-state index contributed by atoms with van der Waals surface area (Å²) in [4.78, 5) is 18.6. The molecule has 2 heterocycles. The topological polar surface area (TPSA) is 68.0 Å². The van der Waals surface area contributed by atoms with E-state index >= 15 is 0 Å². The number of nitrogen functional groups attached to an aromatic ring is 1. The van der Waals surface area contributed by atoms with Gasteiger partial charge in [-0.15, -0.1) is 11.3 Å². The van der Waals surface area contributed by atoms with Crippen LogP contribution in [-0.2, 0) is 0 Å². The molecule has 4 rings (SSSR count). The fraction of sp³-hybridized carbons (Fsp3) is 0.100. The second-order valence-electron chi connectivity index (χ2n) is 6.25. The summed E-state index contributed by atoms with van der Waals surface area (Å²) in [5, 5.41) is 5.33. The van der Waals surface area contributed by atoms with Gasteiger partial charge in [0.05, 0.1) is 11.2 Å². The zero-order valence-corrected chi connectivity index (χ0v) is 15.8. The number of hydrogen-bond donors (Lipinski definition) is 2. The van der Waals surface area contributed by atoms with Crippen LogP contribution >= 0.6 is 22.9 Å². The van der Waals surface area contributed by atoms with Crippen LogP contribution in [0.4, 0.5) is 11.4 Å². The molecule has 0 unspecified atom stereocenters. The maximum atomic E-state index is 12.8. The summed E-state index contributed by atoms with van der Waals surface area (Å²) in [7, 11) is 0. The van der Waals surface area contributed by atoms with E-state index in [1.165, 1.54) is 11.3 Å². The monoisotopic (exact) mass is 381 g/mol. The lowest BCUT2D eigenvalue weighted by molar-refractivity contribution is 0.103. The van der Waals surface area contributed by atoms with Crippen molar-refractivity contribution in [1.82, 2.24) is 4.98 Å². The van der Waals surface area contributed by atoms with Gasteiger partial charge in [-0.25, -0.2) is 4.98 Å². The van der Waals surface area contributed by atoms with Crippen LogP contribution in [0, 0.1) is 13.8 Å². The molecule has 0 fully saturated rings. The van der Waals surface area contributed by atoms with E-state index in [-0.39, 0.29) is 5.91 Å². The van der Waals surface area contributed by atoms with Crippen LogP contribution in [0.3, 0.4) is 0 Å². The molecule has 130 valence electrons. The molecular formula is C20H16ClN3OS. The summed E-state index contributed by atoms with van der Waals surface area (Å²) in [6, 6.07) is 13.5. The molecule has 2 aromatic heterocycles. The Balaban J connectivity index is 1.78. The number of carbonyl (C=O) groups excluding carboxylic acids is 1. The lowest BCUT2D eigenvalue weighted by Gasteiger charge is -2.08. The number of rotatable bonds is 2. The first-order valence-corrected chi connectivity index (χ1v) is 9.29. The Kier molecular flexibility index (Phi) is 4.05. The molecule has 2 aromatic carbocycles. The highest BCUT2D eigenvalue weighted by Gasteiger charge is 2.19. The molecule has 26 heavy (non-hydrogen) atoms. The van der Waals surface area contributed by atoms with Crippen molar-refractivity contribution in [2.24, 2.45) is 0 Å². The summed E-state index contributed by atoms with van der Waals surface area (Å²) in [6.45, 7) is 3.90. The first-order chi connectivity index (χ1) is 12.4. The maximum absolute atomic E-state index is 12.8. The standard InChI is InChI=1S/C20H16ClN3OS/c1-10-6-7-16-12(8-10)9-13-17(22)18(26-20(13)24-16)19(25)23-15-5-3-4-14(21)11(15)2/h3-9H,22H2,1-2H3,(H,23,25). The summed E-state index contributed by atoms with van der Waals surface area (Å²) >= 11 is 7.43. The number of nitrogens with two attached hydrogens (primary N) is 1. The van der Waals surface area contributed by atoms with E-state index in [4.69, 9.17) is 17.3 Å². The van der Waals surface area contributed by atoms with Crippen molar-refractivity contribution in [3.05, 3.63) is 63.5 Å². The summed E-state index contributed by atoms with van der Waals surface area (Å²) in [5.41, 5.74) is 10.3. The Hall–Kier alpha value is -2.63. The van der Waals surface area contributed by atoms with Crippen molar-refractivity contribution in [2.45, 2.75) is 13.8 Å². The molecule has 0 spiro atoms. The predicted molar refractivity (Wildman–Crippen MR) is 110 cm³/mol. The molecular weight excluding hydrogens is 366 g/mol. The number of benzene rings is 2. The summed E-state index contributed by atoms with van der Waals surface area (Å²) in [6.07, 6.45) is 0. The number of hydrogen-bond acceptors (Lipinski definition) is 4. The van der Waals surface area contributed by atoms with E-state index < -0.39 is 0 Å². The molecule has 0 bridgehead atoms.